The topological polar surface area (TPSA) is 29.1 Å². The smallest absolute Gasteiger partial charge is 0.230 e. The summed E-state index contributed by atoms with van der Waals surface area (Å²) in [6.45, 7) is 4.29. The Balaban J connectivity index is 2.11. The molecule has 0 spiro atoms. The molecule has 0 saturated heterocycles. The van der Waals surface area contributed by atoms with E-state index in [4.69, 9.17) is 0 Å². The molecule has 0 aliphatic rings. The number of carbonyl (C=O) groups is 1. The molecule has 0 bridgehead atoms. The Morgan fingerprint density at radius 1 is 1.38 bits per heavy atom. The van der Waals surface area contributed by atoms with Gasteiger partial charge in [0, 0.05) is 12.3 Å². The summed E-state index contributed by atoms with van der Waals surface area (Å²) in [6.07, 6.45) is 2.63. The predicted molar refractivity (Wildman–Crippen MR) is 70.4 cm³/mol. The maximum absolute atomic E-state index is 11.3. The molecule has 1 aromatic carbocycles. The average Bonchev–Trinajstić information content (AvgIpc) is 2.31. The van der Waals surface area contributed by atoms with E-state index in [1.807, 2.05) is 18.2 Å². The highest BCUT2D eigenvalue weighted by molar-refractivity contribution is 7.99. The first kappa shape index (κ1) is 12.8. The lowest BCUT2D eigenvalue weighted by atomic mass is 10.2. The van der Waals surface area contributed by atoms with Crippen LogP contribution in [0.5, 0.6) is 0 Å². The third kappa shape index (κ3) is 5.61. The number of rotatable bonds is 7. The molecule has 86 valence electrons. The van der Waals surface area contributed by atoms with E-state index in [0.717, 1.165) is 12.2 Å². The standard InChI is InChI=1S/C13H17NOS/c1-2-3-9-14-13(15)11-16-10-12-7-5-4-6-8-12/h2,4-8H,1,3,9-11H2,(H,14,15). The van der Waals surface area contributed by atoms with Crippen molar-refractivity contribution in [2.45, 2.75) is 12.2 Å². The summed E-state index contributed by atoms with van der Waals surface area (Å²) in [5, 5.41) is 2.84. The Morgan fingerprint density at radius 3 is 2.81 bits per heavy atom. The number of benzene rings is 1. The Kier molecular flexibility index (Phi) is 6.42. The highest BCUT2D eigenvalue weighted by Gasteiger charge is 2.00. The number of nitrogens with one attached hydrogen (secondary N) is 1. The van der Waals surface area contributed by atoms with Crippen LogP contribution in [0, 0.1) is 0 Å². The van der Waals surface area contributed by atoms with Crippen LogP contribution in [0.3, 0.4) is 0 Å². The van der Waals surface area contributed by atoms with Crippen molar-refractivity contribution in [3.63, 3.8) is 0 Å². The second-order valence-electron chi connectivity index (χ2n) is 3.41. The van der Waals surface area contributed by atoms with Crippen molar-refractivity contribution in [3.8, 4) is 0 Å². The van der Waals surface area contributed by atoms with Gasteiger partial charge in [0.1, 0.15) is 0 Å². The SMILES string of the molecule is C=CCCNC(=O)CSCc1ccccc1. The van der Waals surface area contributed by atoms with Crippen molar-refractivity contribution in [2.24, 2.45) is 0 Å². The van der Waals surface area contributed by atoms with Gasteiger partial charge >= 0.3 is 0 Å². The molecule has 0 aliphatic carbocycles. The molecule has 3 heteroatoms. The van der Waals surface area contributed by atoms with Crippen molar-refractivity contribution >= 4 is 17.7 Å². The van der Waals surface area contributed by atoms with Gasteiger partial charge in [0.2, 0.25) is 5.91 Å². The first-order chi connectivity index (χ1) is 7.83. The molecule has 1 rings (SSSR count). The Bertz CT molecular complexity index is 324. The molecule has 0 fully saturated rings. The van der Waals surface area contributed by atoms with Gasteiger partial charge in [0.25, 0.3) is 0 Å². The van der Waals surface area contributed by atoms with E-state index in [-0.39, 0.29) is 5.91 Å². The van der Waals surface area contributed by atoms with Crippen molar-refractivity contribution in [2.75, 3.05) is 12.3 Å². The zero-order valence-electron chi connectivity index (χ0n) is 9.32. The van der Waals surface area contributed by atoms with E-state index in [1.54, 1.807) is 17.8 Å². The molecule has 1 amide bonds. The zero-order valence-corrected chi connectivity index (χ0v) is 10.1. The highest BCUT2D eigenvalue weighted by atomic mass is 32.2. The summed E-state index contributed by atoms with van der Waals surface area (Å²) in [5.41, 5.74) is 1.26. The molecule has 0 unspecified atom stereocenters. The third-order valence-electron chi connectivity index (χ3n) is 2.02. The van der Waals surface area contributed by atoms with Crippen LogP contribution in [0.1, 0.15) is 12.0 Å². The second-order valence-corrected chi connectivity index (χ2v) is 4.39. The van der Waals surface area contributed by atoms with Crippen LogP contribution in [-0.2, 0) is 10.5 Å². The van der Waals surface area contributed by atoms with E-state index < -0.39 is 0 Å². The van der Waals surface area contributed by atoms with Crippen LogP contribution in [-0.4, -0.2) is 18.2 Å². The molecule has 16 heavy (non-hydrogen) atoms. The van der Waals surface area contributed by atoms with Gasteiger partial charge in [-0.15, -0.1) is 18.3 Å². The predicted octanol–water partition coefficient (Wildman–Crippen LogP) is 2.61. The zero-order chi connectivity index (χ0) is 11.6. The van der Waals surface area contributed by atoms with Gasteiger partial charge in [-0.1, -0.05) is 36.4 Å². The molecule has 0 saturated carbocycles. The van der Waals surface area contributed by atoms with Crippen LogP contribution in [0.2, 0.25) is 0 Å². The first-order valence-corrected chi connectivity index (χ1v) is 6.47. The minimum Gasteiger partial charge on any atom is -0.355 e. The van der Waals surface area contributed by atoms with Crippen molar-refractivity contribution in [1.29, 1.82) is 0 Å². The summed E-state index contributed by atoms with van der Waals surface area (Å²) in [7, 11) is 0. The largest absolute Gasteiger partial charge is 0.355 e. The summed E-state index contributed by atoms with van der Waals surface area (Å²) in [4.78, 5) is 11.3. The van der Waals surface area contributed by atoms with Gasteiger partial charge in [-0.3, -0.25) is 4.79 Å². The maximum atomic E-state index is 11.3. The fraction of sp³-hybridized carbons (Fsp3) is 0.308. The maximum Gasteiger partial charge on any atom is 0.230 e. The van der Waals surface area contributed by atoms with Crippen molar-refractivity contribution < 1.29 is 4.79 Å². The van der Waals surface area contributed by atoms with Gasteiger partial charge in [0.15, 0.2) is 0 Å². The lowest BCUT2D eigenvalue weighted by molar-refractivity contribution is -0.118. The molecule has 1 N–H and O–H groups in total. The molecule has 0 heterocycles. The van der Waals surface area contributed by atoms with Crippen LogP contribution < -0.4 is 5.32 Å². The van der Waals surface area contributed by atoms with Crippen LogP contribution in [0.4, 0.5) is 0 Å². The number of amides is 1. The van der Waals surface area contributed by atoms with E-state index in [0.29, 0.717) is 12.3 Å². The van der Waals surface area contributed by atoms with Gasteiger partial charge in [-0.25, -0.2) is 0 Å². The van der Waals surface area contributed by atoms with E-state index in [9.17, 15) is 4.79 Å². The number of carbonyl (C=O) groups excluding carboxylic acids is 1. The molecule has 0 radical (unpaired) electrons. The van der Waals surface area contributed by atoms with Gasteiger partial charge < -0.3 is 5.32 Å². The summed E-state index contributed by atoms with van der Waals surface area (Å²) in [5.74, 6) is 1.50. The van der Waals surface area contributed by atoms with E-state index in [2.05, 4.69) is 24.0 Å². The highest BCUT2D eigenvalue weighted by Crippen LogP contribution is 2.10. The quantitative estimate of drug-likeness (QED) is 0.581. The second kappa shape index (κ2) is 7.99. The van der Waals surface area contributed by atoms with Crippen LogP contribution >= 0.6 is 11.8 Å². The monoisotopic (exact) mass is 235 g/mol. The van der Waals surface area contributed by atoms with Gasteiger partial charge in [0.05, 0.1) is 5.75 Å². The number of thioether (sulfide) groups is 1. The normalized spacial score (nSPS) is 9.75. The number of hydrogen-bond acceptors (Lipinski definition) is 2. The fourth-order valence-corrected chi connectivity index (χ4v) is 2.02. The Hall–Kier alpha value is -1.22. The van der Waals surface area contributed by atoms with Gasteiger partial charge in [-0.2, -0.15) is 0 Å². The number of hydrogen-bond donors (Lipinski definition) is 1. The minimum absolute atomic E-state index is 0.0998. The molecular formula is C13H17NOS. The van der Waals surface area contributed by atoms with Crippen molar-refractivity contribution in [3.05, 3.63) is 48.6 Å². The Morgan fingerprint density at radius 2 is 2.12 bits per heavy atom. The molecule has 1 aromatic rings. The molecule has 0 atom stereocenters. The van der Waals surface area contributed by atoms with Gasteiger partial charge in [-0.05, 0) is 12.0 Å². The summed E-state index contributed by atoms with van der Waals surface area (Å²) < 4.78 is 0. The molecule has 0 aromatic heterocycles. The summed E-state index contributed by atoms with van der Waals surface area (Å²) in [6, 6.07) is 10.2. The first-order valence-electron chi connectivity index (χ1n) is 5.32. The lowest BCUT2D eigenvalue weighted by Crippen LogP contribution is -2.25. The Labute approximate surface area is 101 Å². The minimum atomic E-state index is 0.0998. The third-order valence-corrected chi connectivity index (χ3v) is 3.02. The van der Waals surface area contributed by atoms with Crippen LogP contribution in [0.15, 0.2) is 43.0 Å². The van der Waals surface area contributed by atoms with E-state index in [1.165, 1.54) is 5.56 Å². The average molecular weight is 235 g/mol. The fourth-order valence-electron chi connectivity index (χ4n) is 1.20. The van der Waals surface area contributed by atoms with Crippen LogP contribution in [0.25, 0.3) is 0 Å². The molecule has 2 nitrogen and oxygen atoms in total. The lowest BCUT2D eigenvalue weighted by Gasteiger charge is -2.03. The van der Waals surface area contributed by atoms with E-state index >= 15 is 0 Å². The summed E-state index contributed by atoms with van der Waals surface area (Å²) >= 11 is 1.63. The molecule has 0 aliphatic heterocycles. The molecular weight excluding hydrogens is 218 g/mol. The van der Waals surface area contributed by atoms with Crippen molar-refractivity contribution in [1.82, 2.24) is 5.32 Å².